The first-order chi connectivity index (χ1) is 8.75. The zero-order valence-corrected chi connectivity index (χ0v) is 9.72. The number of para-hydroxylation sites is 2. The second kappa shape index (κ2) is 5.72. The molecular formula is C12H14N4O2. The highest BCUT2D eigenvalue weighted by atomic mass is 16.5. The van der Waals surface area contributed by atoms with Crippen LogP contribution in [-0.4, -0.2) is 22.7 Å². The van der Waals surface area contributed by atoms with Gasteiger partial charge < -0.3 is 15.8 Å². The van der Waals surface area contributed by atoms with E-state index in [1.807, 2.05) is 12.1 Å². The van der Waals surface area contributed by atoms with Gasteiger partial charge in [-0.15, -0.1) is 0 Å². The van der Waals surface area contributed by atoms with Crippen molar-refractivity contribution in [3.63, 3.8) is 0 Å². The smallest absolute Gasteiger partial charge is 0.228 e. The van der Waals surface area contributed by atoms with Crippen molar-refractivity contribution in [1.82, 2.24) is 10.2 Å². The minimum atomic E-state index is -0.145. The van der Waals surface area contributed by atoms with Gasteiger partial charge in [-0.3, -0.25) is 9.89 Å². The molecule has 0 aliphatic carbocycles. The minimum Gasteiger partial charge on any atom is -0.491 e. The molecule has 0 radical (unpaired) electrons. The molecule has 1 aromatic carbocycles. The third-order valence-electron chi connectivity index (χ3n) is 2.28. The van der Waals surface area contributed by atoms with Gasteiger partial charge in [0, 0.05) is 6.07 Å². The van der Waals surface area contributed by atoms with Crippen LogP contribution in [0.5, 0.6) is 5.75 Å². The van der Waals surface area contributed by atoms with Crippen molar-refractivity contribution < 1.29 is 9.53 Å². The molecule has 6 nitrogen and oxygen atoms in total. The molecule has 6 heteroatoms. The number of ether oxygens (including phenoxy) is 1. The molecule has 0 fully saturated rings. The molecule has 1 heterocycles. The van der Waals surface area contributed by atoms with Crippen LogP contribution in [0.3, 0.4) is 0 Å². The Morgan fingerprint density at radius 3 is 2.94 bits per heavy atom. The van der Waals surface area contributed by atoms with E-state index < -0.39 is 0 Å². The van der Waals surface area contributed by atoms with Gasteiger partial charge in [0.2, 0.25) is 5.91 Å². The van der Waals surface area contributed by atoms with Crippen molar-refractivity contribution in [1.29, 1.82) is 0 Å². The summed E-state index contributed by atoms with van der Waals surface area (Å²) in [5.74, 6) is 1.01. The number of carbonyl (C=O) groups excluding carboxylic acids is 1. The molecule has 18 heavy (non-hydrogen) atoms. The van der Waals surface area contributed by atoms with Gasteiger partial charge in [-0.1, -0.05) is 12.1 Å². The SMILES string of the molecule is Nc1ccccc1OCCC(=O)Nc1ccn[nH]1. The molecule has 94 valence electrons. The van der Waals surface area contributed by atoms with Crippen molar-refractivity contribution in [2.45, 2.75) is 6.42 Å². The summed E-state index contributed by atoms with van der Waals surface area (Å²) >= 11 is 0. The average Bonchev–Trinajstić information content (AvgIpc) is 2.84. The second-order valence-corrected chi connectivity index (χ2v) is 3.65. The molecule has 2 aromatic rings. The molecular weight excluding hydrogens is 232 g/mol. The number of amides is 1. The van der Waals surface area contributed by atoms with Crippen LogP contribution in [-0.2, 0) is 4.79 Å². The molecule has 0 aliphatic rings. The summed E-state index contributed by atoms with van der Waals surface area (Å²) in [5.41, 5.74) is 6.27. The summed E-state index contributed by atoms with van der Waals surface area (Å²) in [5, 5.41) is 9.02. The van der Waals surface area contributed by atoms with Gasteiger partial charge >= 0.3 is 0 Å². The van der Waals surface area contributed by atoms with Gasteiger partial charge in [-0.25, -0.2) is 0 Å². The summed E-state index contributed by atoms with van der Waals surface area (Å²) in [7, 11) is 0. The molecule has 1 amide bonds. The van der Waals surface area contributed by atoms with E-state index >= 15 is 0 Å². The number of hydrogen-bond donors (Lipinski definition) is 3. The number of carbonyl (C=O) groups is 1. The van der Waals surface area contributed by atoms with E-state index in [1.54, 1.807) is 24.4 Å². The van der Waals surface area contributed by atoms with E-state index in [0.29, 0.717) is 17.3 Å². The Bertz CT molecular complexity index is 511. The fourth-order valence-electron chi connectivity index (χ4n) is 1.40. The molecule has 1 aromatic heterocycles. The Hall–Kier alpha value is -2.50. The molecule has 0 atom stereocenters. The van der Waals surface area contributed by atoms with Crippen LogP contribution in [0, 0.1) is 0 Å². The normalized spacial score (nSPS) is 10.0. The van der Waals surface area contributed by atoms with E-state index in [9.17, 15) is 4.79 Å². The second-order valence-electron chi connectivity index (χ2n) is 3.65. The zero-order chi connectivity index (χ0) is 12.8. The maximum absolute atomic E-state index is 11.5. The third kappa shape index (κ3) is 3.24. The van der Waals surface area contributed by atoms with Crippen LogP contribution >= 0.6 is 0 Å². The van der Waals surface area contributed by atoms with Crippen LogP contribution in [0.15, 0.2) is 36.5 Å². The van der Waals surface area contributed by atoms with Gasteiger partial charge in [-0.05, 0) is 12.1 Å². The number of hydrogen-bond acceptors (Lipinski definition) is 4. The number of anilines is 2. The van der Waals surface area contributed by atoms with E-state index in [-0.39, 0.29) is 18.9 Å². The van der Waals surface area contributed by atoms with E-state index in [2.05, 4.69) is 15.5 Å². The Labute approximate surface area is 104 Å². The number of aromatic amines is 1. The summed E-state index contributed by atoms with van der Waals surface area (Å²) in [4.78, 5) is 11.5. The molecule has 0 aliphatic heterocycles. The van der Waals surface area contributed by atoms with Crippen LogP contribution in [0.2, 0.25) is 0 Å². The quantitative estimate of drug-likeness (QED) is 0.695. The van der Waals surface area contributed by atoms with Crippen molar-refractivity contribution in [3.8, 4) is 5.75 Å². The maximum Gasteiger partial charge on any atom is 0.228 e. The predicted molar refractivity (Wildman–Crippen MR) is 68.2 cm³/mol. The van der Waals surface area contributed by atoms with Crippen LogP contribution < -0.4 is 15.8 Å². The molecule has 0 saturated heterocycles. The number of H-pyrrole nitrogens is 1. The number of nitrogens with zero attached hydrogens (tertiary/aromatic N) is 1. The molecule has 2 rings (SSSR count). The summed E-state index contributed by atoms with van der Waals surface area (Å²) < 4.78 is 5.41. The number of benzene rings is 1. The molecule has 0 saturated carbocycles. The first kappa shape index (κ1) is 12.0. The molecule has 4 N–H and O–H groups in total. The standard InChI is InChI=1S/C12H14N4O2/c13-9-3-1-2-4-10(9)18-8-6-12(17)15-11-5-7-14-16-11/h1-5,7H,6,8,13H2,(H2,14,15,16,17). The highest BCUT2D eigenvalue weighted by Gasteiger charge is 2.04. The highest BCUT2D eigenvalue weighted by molar-refractivity contribution is 5.89. The summed E-state index contributed by atoms with van der Waals surface area (Å²) in [6, 6.07) is 8.85. The minimum absolute atomic E-state index is 0.145. The summed E-state index contributed by atoms with van der Waals surface area (Å²) in [6.45, 7) is 0.272. The lowest BCUT2D eigenvalue weighted by Gasteiger charge is -2.08. The Morgan fingerprint density at radius 2 is 2.22 bits per heavy atom. The maximum atomic E-state index is 11.5. The third-order valence-corrected chi connectivity index (χ3v) is 2.28. The first-order valence-electron chi connectivity index (χ1n) is 5.52. The molecule has 0 unspecified atom stereocenters. The number of rotatable bonds is 5. The van der Waals surface area contributed by atoms with E-state index in [1.165, 1.54) is 0 Å². The van der Waals surface area contributed by atoms with Crippen molar-refractivity contribution >= 4 is 17.4 Å². The van der Waals surface area contributed by atoms with Gasteiger partial charge in [-0.2, -0.15) is 5.10 Å². The number of nitrogens with one attached hydrogen (secondary N) is 2. The van der Waals surface area contributed by atoms with E-state index in [0.717, 1.165) is 0 Å². The van der Waals surface area contributed by atoms with Crippen molar-refractivity contribution in [3.05, 3.63) is 36.5 Å². The lowest BCUT2D eigenvalue weighted by atomic mass is 10.3. The topological polar surface area (TPSA) is 93.0 Å². The Kier molecular flexibility index (Phi) is 3.80. The zero-order valence-electron chi connectivity index (χ0n) is 9.72. The van der Waals surface area contributed by atoms with Crippen LogP contribution in [0.25, 0.3) is 0 Å². The lowest BCUT2D eigenvalue weighted by molar-refractivity contribution is -0.116. The largest absolute Gasteiger partial charge is 0.491 e. The predicted octanol–water partition coefficient (Wildman–Crippen LogP) is 1.40. The van der Waals surface area contributed by atoms with E-state index in [4.69, 9.17) is 10.5 Å². The van der Waals surface area contributed by atoms with Crippen molar-refractivity contribution in [2.24, 2.45) is 0 Å². The van der Waals surface area contributed by atoms with Gasteiger partial charge in [0.05, 0.1) is 24.9 Å². The fraction of sp³-hybridized carbons (Fsp3) is 0.167. The van der Waals surface area contributed by atoms with Crippen LogP contribution in [0.4, 0.5) is 11.5 Å². The number of nitrogens with two attached hydrogens (primary N) is 1. The average molecular weight is 246 g/mol. The molecule has 0 bridgehead atoms. The monoisotopic (exact) mass is 246 g/mol. The summed E-state index contributed by atoms with van der Waals surface area (Å²) in [6.07, 6.45) is 1.81. The number of aromatic nitrogens is 2. The number of nitrogen functional groups attached to an aromatic ring is 1. The first-order valence-corrected chi connectivity index (χ1v) is 5.52. The lowest BCUT2D eigenvalue weighted by Crippen LogP contribution is -2.15. The fourth-order valence-corrected chi connectivity index (χ4v) is 1.40. The Morgan fingerprint density at radius 1 is 1.39 bits per heavy atom. The van der Waals surface area contributed by atoms with Gasteiger partial charge in [0.25, 0.3) is 0 Å². The van der Waals surface area contributed by atoms with Crippen molar-refractivity contribution in [2.75, 3.05) is 17.7 Å². The highest BCUT2D eigenvalue weighted by Crippen LogP contribution is 2.19. The van der Waals surface area contributed by atoms with Gasteiger partial charge in [0.1, 0.15) is 11.6 Å². The van der Waals surface area contributed by atoms with Gasteiger partial charge in [0.15, 0.2) is 0 Å². The van der Waals surface area contributed by atoms with Crippen LogP contribution in [0.1, 0.15) is 6.42 Å². The Balaban J connectivity index is 1.75. The molecule has 0 spiro atoms.